The first kappa shape index (κ1) is 14.8. The second-order valence-electron chi connectivity index (χ2n) is 4.23. The van der Waals surface area contributed by atoms with Gasteiger partial charge in [-0.3, -0.25) is 9.78 Å². The van der Waals surface area contributed by atoms with Crippen LogP contribution in [0.2, 0.25) is 0 Å². The summed E-state index contributed by atoms with van der Waals surface area (Å²) in [6.45, 7) is 0. The molecule has 2 aromatic rings. The predicted octanol–water partition coefficient (Wildman–Crippen LogP) is 2.67. The van der Waals surface area contributed by atoms with Crippen LogP contribution < -0.4 is 10.5 Å². The highest BCUT2D eigenvalue weighted by Gasteiger charge is 2.30. The summed E-state index contributed by atoms with van der Waals surface area (Å²) in [4.78, 5) is 15.3. The van der Waals surface area contributed by atoms with E-state index >= 15 is 0 Å². The quantitative estimate of drug-likeness (QED) is 0.943. The van der Waals surface area contributed by atoms with Crippen molar-refractivity contribution in [3.8, 4) is 5.75 Å². The summed E-state index contributed by atoms with van der Waals surface area (Å²) in [6.07, 6.45) is -2.92. The molecule has 0 fully saturated rings. The Morgan fingerprint density at radius 3 is 2.43 bits per heavy atom. The molecule has 0 atom stereocenters. The number of benzene rings is 1. The van der Waals surface area contributed by atoms with E-state index < -0.39 is 12.3 Å². The van der Waals surface area contributed by atoms with Crippen LogP contribution >= 0.6 is 0 Å². The molecule has 0 radical (unpaired) electrons. The Hall–Kier alpha value is -2.57. The molecule has 1 heterocycles. The zero-order chi connectivity index (χ0) is 15.5. The normalized spacial score (nSPS) is 11.2. The van der Waals surface area contributed by atoms with Crippen molar-refractivity contribution in [2.24, 2.45) is 5.73 Å². The van der Waals surface area contributed by atoms with Crippen molar-refractivity contribution in [2.45, 2.75) is 12.8 Å². The molecule has 0 aliphatic carbocycles. The van der Waals surface area contributed by atoms with Crippen LogP contribution in [0.1, 0.15) is 21.6 Å². The van der Waals surface area contributed by atoms with Crippen LogP contribution in [0.4, 0.5) is 13.2 Å². The third-order valence-corrected chi connectivity index (χ3v) is 2.68. The van der Waals surface area contributed by atoms with Crippen LogP contribution in [0.25, 0.3) is 0 Å². The van der Waals surface area contributed by atoms with E-state index in [1.807, 2.05) is 0 Å². The Labute approximate surface area is 118 Å². The van der Waals surface area contributed by atoms with Gasteiger partial charge in [-0.05, 0) is 29.8 Å². The molecule has 0 saturated heterocycles. The van der Waals surface area contributed by atoms with Crippen molar-refractivity contribution in [2.75, 3.05) is 0 Å². The van der Waals surface area contributed by atoms with Gasteiger partial charge in [-0.25, -0.2) is 0 Å². The van der Waals surface area contributed by atoms with Crippen molar-refractivity contribution in [3.05, 3.63) is 59.4 Å². The lowest BCUT2D eigenvalue weighted by atomic mass is 10.0. The lowest BCUT2D eigenvalue weighted by Crippen LogP contribution is -2.17. The number of amides is 1. The van der Waals surface area contributed by atoms with Gasteiger partial charge in [0, 0.05) is 12.6 Å². The second-order valence-corrected chi connectivity index (χ2v) is 4.23. The average molecular weight is 296 g/mol. The van der Waals surface area contributed by atoms with E-state index in [-0.39, 0.29) is 17.7 Å². The molecule has 1 aromatic heterocycles. The molecule has 0 aliphatic rings. The van der Waals surface area contributed by atoms with Crippen molar-refractivity contribution in [1.29, 1.82) is 0 Å². The molecule has 2 N–H and O–H groups in total. The van der Waals surface area contributed by atoms with Gasteiger partial charge in [0.05, 0.1) is 11.3 Å². The maximum absolute atomic E-state index is 12.0. The number of pyridine rings is 1. The van der Waals surface area contributed by atoms with Crippen LogP contribution in [0.3, 0.4) is 0 Å². The van der Waals surface area contributed by atoms with Gasteiger partial charge in [0.25, 0.3) is 5.91 Å². The van der Waals surface area contributed by atoms with E-state index in [0.717, 1.165) is 0 Å². The summed E-state index contributed by atoms with van der Waals surface area (Å²) in [6, 6.07) is 8.49. The molecule has 0 spiro atoms. The third kappa shape index (κ3) is 4.20. The number of carbonyl (C=O) groups is 1. The zero-order valence-electron chi connectivity index (χ0n) is 10.7. The standard InChI is InChI=1S/C14H11F3N2O2/c15-14(16,17)21-10-5-3-9(4-6-10)8-12-11(13(18)20)2-1-7-19-12/h1-7H,8H2,(H2,18,20). The maximum atomic E-state index is 12.0. The van der Waals surface area contributed by atoms with E-state index in [1.54, 1.807) is 12.1 Å². The molecular formula is C14H11F3N2O2. The molecule has 4 nitrogen and oxygen atoms in total. The van der Waals surface area contributed by atoms with E-state index in [0.29, 0.717) is 11.3 Å². The van der Waals surface area contributed by atoms with E-state index in [9.17, 15) is 18.0 Å². The molecule has 1 aromatic carbocycles. The van der Waals surface area contributed by atoms with Gasteiger partial charge in [0.15, 0.2) is 0 Å². The molecule has 21 heavy (non-hydrogen) atoms. The first-order chi connectivity index (χ1) is 9.85. The maximum Gasteiger partial charge on any atom is 0.573 e. The monoisotopic (exact) mass is 296 g/mol. The smallest absolute Gasteiger partial charge is 0.406 e. The molecule has 110 valence electrons. The average Bonchev–Trinajstić information content (AvgIpc) is 2.40. The van der Waals surface area contributed by atoms with Crippen LogP contribution in [-0.2, 0) is 6.42 Å². The van der Waals surface area contributed by atoms with E-state index in [4.69, 9.17) is 5.73 Å². The minimum Gasteiger partial charge on any atom is -0.406 e. The number of primary amides is 1. The molecule has 0 saturated carbocycles. The highest BCUT2D eigenvalue weighted by molar-refractivity contribution is 5.93. The van der Waals surface area contributed by atoms with Gasteiger partial charge in [0.2, 0.25) is 0 Å². The summed E-state index contributed by atoms with van der Waals surface area (Å²) in [7, 11) is 0. The number of aromatic nitrogens is 1. The molecule has 1 amide bonds. The van der Waals surface area contributed by atoms with Crippen LogP contribution in [0.15, 0.2) is 42.6 Å². The van der Waals surface area contributed by atoms with E-state index in [1.165, 1.54) is 30.5 Å². The first-order valence-electron chi connectivity index (χ1n) is 5.93. The van der Waals surface area contributed by atoms with Crippen molar-refractivity contribution < 1.29 is 22.7 Å². The largest absolute Gasteiger partial charge is 0.573 e. The highest BCUT2D eigenvalue weighted by Crippen LogP contribution is 2.23. The molecule has 0 bridgehead atoms. The van der Waals surface area contributed by atoms with Crippen molar-refractivity contribution in [1.82, 2.24) is 4.98 Å². The Bertz CT molecular complexity index is 639. The van der Waals surface area contributed by atoms with Crippen molar-refractivity contribution >= 4 is 5.91 Å². The third-order valence-electron chi connectivity index (χ3n) is 2.68. The number of carbonyl (C=O) groups excluding carboxylic acids is 1. The lowest BCUT2D eigenvalue weighted by Gasteiger charge is -2.09. The zero-order valence-corrected chi connectivity index (χ0v) is 10.7. The predicted molar refractivity (Wildman–Crippen MR) is 68.7 cm³/mol. The fourth-order valence-corrected chi connectivity index (χ4v) is 1.81. The highest BCUT2D eigenvalue weighted by atomic mass is 19.4. The lowest BCUT2D eigenvalue weighted by molar-refractivity contribution is -0.274. The fraction of sp³-hybridized carbons (Fsp3) is 0.143. The van der Waals surface area contributed by atoms with Crippen LogP contribution in [-0.4, -0.2) is 17.3 Å². The summed E-state index contributed by atoms with van der Waals surface area (Å²) in [5.74, 6) is -0.905. The number of hydrogen-bond acceptors (Lipinski definition) is 3. The van der Waals surface area contributed by atoms with Crippen LogP contribution in [0.5, 0.6) is 5.75 Å². The SMILES string of the molecule is NC(=O)c1cccnc1Cc1ccc(OC(F)(F)F)cc1. The van der Waals surface area contributed by atoms with Gasteiger partial charge in [0.1, 0.15) is 5.75 Å². The number of ether oxygens (including phenoxy) is 1. The molecule has 2 rings (SSSR count). The Morgan fingerprint density at radius 2 is 1.86 bits per heavy atom. The van der Waals surface area contributed by atoms with Gasteiger partial charge in [-0.15, -0.1) is 13.2 Å². The topological polar surface area (TPSA) is 65.2 Å². The minimum atomic E-state index is -4.72. The Morgan fingerprint density at radius 1 is 1.19 bits per heavy atom. The Kier molecular flexibility index (Phi) is 4.11. The Balaban J connectivity index is 2.16. The summed E-state index contributed by atoms with van der Waals surface area (Å²) >= 11 is 0. The van der Waals surface area contributed by atoms with Gasteiger partial charge in [-0.2, -0.15) is 0 Å². The summed E-state index contributed by atoms with van der Waals surface area (Å²) in [5.41, 5.74) is 6.68. The molecule has 0 aliphatic heterocycles. The number of alkyl halides is 3. The van der Waals surface area contributed by atoms with Gasteiger partial charge < -0.3 is 10.5 Å². The minimum absolute atomic E-state index is 0.283. The number of nitrogens with zero attached hydrogens (tertiary/aromatic N) is 1. The van der Waals surface area contributed by atoms with Gasteiger partial charge in [-0.1, -0.05) is 12.1 Å². The van der Waals surface area contributed by atoms with E-state index in [2.05, 4.69) is 9.72 Å². The number of hydrogen-bond donors (Lipinski definition) is 1. The summed E-state index contributed by atoms with van der Waals surface area (Å²) in [5, 5.41) is 0. The van der Waals surface area contributed by atoms with Gasteiger partial charge >= 0.3 is 6.36 Å². The second kappa shape index (κ2) is 5.82. The van der Waals surface area contributed by atoms with Crippen molar-refractivity contribution in [3.63, 3.8) is 0 Å². The molecule has 0 unspecified atom stereocenters. The number of halogens is 3. The fourth-order valence-electron chi connectivity index (χ4n) is 1.81. The number of nitrogens with two attached hydrogens (primary N) is 1. The van der Waals surface area contributed by atoms with Crippen LogP contribution in [0, 0.1) is 0 Å². The summed E-state index contributed by atoms with van der Waals surface area (Å²) < 4.78 is 39.9. The first-order valence-corrected chi connectivity index (χ1v) is 5.93. The molecule has 7 heteroatoms. The molecular weight excluding hydrogens is 285 g/mol. The number of rotatable bonds is 4.